The predicted octanol–water partition coefficient (Wildman–Crippen LogP) is 1.56. The number of nitrogens with one attached hydrogen (secondary N) is 1. The molecule has 1 amide bonds. The van der Waals surface area contributed by atoms with Crippen molar-refractivity contribution in [1.29, 1.82) is 0 Å². The number of rotatable bonds is 4. The van der Waals surface area contributed by atoms with E-state index < -0.39 is 0 Å². The predicted molar refractivity (Wildman–Crippen MR) is 80.7 cm³/mol. The molecule has 18 heavy (non-hydrogen) atoms. The highest BCUT2D eigenvalue weighted by Gasteiger charge is 2.22. The van der Waals surface area contributed by atoms with Gasteiger partial charge in [-0.25, -0.2) is 0 Å². The molecule has 110 valence electrons. The Hall–Kier alpha value is -0.0300. The third-order valence-electron chi connectivity index (χ3n) is 3.31. The lowest BCUT2D eigenvalue weighted by Crippen LogP contribution is -2.49. The molecule has 6 heteroatoms. The molecule has 3 N–H and O–H groups in total. The van der Waals surface area contributed by atoms with Crippen molar-refractivity contribution >= 4 is 30.7 Å². The fourth-order valence-corrected chi connectivity index (χ4v) is 2.07. The Labute approximate surface area is 123 Å². The number of likely N-dealkylation sites (tertiary alicyclic amines) is 1. The molecule has 0 spiro atoms. The Morgan fingerprint density at radius 3 is 2.11 bits per heavy atom. The average molecular weight is 300 g/mol. The van der Waals surface area contributed by atoms with E-state index in [0.29, 0.717) is 6.54 Å². The summed E-state index contributed by atoms with van der Waals surface area (Å²) in [6.07, 6.45) is 5.02. The third-order valence-corrected chi connectivity index (χ3v) is 3.31. The van der Waals surface area contributed by atoms with Gasteiger partial charge < -0.3 is 11.1 Å². The van der Waals surface area contributed by atoms with Crippen LogP contribution in [-0.2, 0) is 4.79 Å². The number of nitrogens with zero attached hydrogens (tertiary/aromatic N) is 1. The van der Waals surface area contributed by atoms with Crippen molar-refractivity contribution in [3.8, 4) is 0 Å². The molecule has 0 saturated carbocycles. The van der Waals surface area contributed by atoms with Gasteiger partial charge in [0.15, 0.2) is 0 Å². The van der Waals surface area contributed by atoms with Crippen molar-refractivity contribution in [2.45, 2.75) is 51.6 Å². The van der Waals surface area contributed by atoms with E-state index in [2.05, 4.69) is 10.2 Å². The Bertz CT molecular complexity index is 221. The maximum absolute atomic E-state index is 11.9. The number of nitrogens with two attached hydrogens (primary N) is 1. The van der Waals surface area contributed by atoms with Crippen LogP contribution in [0.2, 0.25) is 0 Å². The van der Waals surface area contributed by atoms with Gasteiger partial charge in [0.1, 0.15) is 0 Å². The third kappa shape index (κ3) is 6.78. The Morgan fingerprint density at radius 2 is 1.67 bits per heavy atom. The summed E-state index contributed by atoms with van der Waals surface area (Å²) in [6, 6.07) is 0.0500. The molecule has 0 aromatic carbocycles. The minimum atomic E-state index is -0.0212. The zero-order valence-corrected chi connectivity index (χ0v) is 13.0. The summed E-state index contributed by atoms with van der Waals surface area (Å²) in [5.74, 6) is 0.111. The standard InChI is InChI=1S/C12H25N3O.2ClH/c1-10(9-13)14-12(16)11(2)15-7-5-3-4-6-8-15;;/h10-11H,3-9,13H2,1-2H3,(H,14,16);2*1H/t10-,11?;;/m0../s1. The molecule has 1 unspecified atom stereocenters. The molecule has 0 aromatic rings. The van der Waals surface area contributed by atoms with Crippen molar-refractivity contribution in [3.05, 3.63) is 0 Å². The van der Waals surface area contributed by atoms with E-state index in [1.807, 2.05) is 13.8 Å². The average Bonchev–Trinajstić information content (AvgIpc) is 2.56. The van der Waals surface area contributed by atoms with E-state index in [9.17, 15) is 4.79 Å². The molecule has 0 aliphatic carbocycles. The highest BCUT2D eigenvalue weighted by atomic mass is 35.5. The van der Waals surface area contributed by atoms with Gasteiger partial charge in [-0.1, -0.05) is 12.8 Å². The van der Waals surface area contributed by atoms with Crippen molar-refractivity contribution in [1.82, 2.24) is 10.2 Å². The molecule has 1 aliphatic rings. The molecule has 0 bridgehead atoms. The van der Waals surface area contributed by atoms with Crippen molar-refractivity contribution in [2.24, 2.45) is 5.73 Å². The molecule has 4 nitrogen and oxygen atoms in total. The van der Waals surface area contributed by atoms with Crippen LogP contribution in [0.5, 0.6) is 0 Å². The van der Waals surface area contributed by atoms with Crippen LogP contribution in [0.3, 0.4) is 0 Å². The summed E-state index contributed by atoms with van der Waals surface area (Å²) in [5, 5.41) is 2.94. The van der Waals surface area contributed by atoms with Crippen LogP contribution >= 0.6 is 24.8 Å². The normalized spacial score (nSPS) is 19.7. The highest BCUT2D eigenvalue weighted by molar-refractivity contribution is 5.85. The first-order valence-electron chi connectivity index (χ1n) is 6.39. The van der Waals surface area contributed by atoms with E-state index in [1.165, 1.54) is 25.7 Å². The molecule has 1 saturated heterocycles. The van der Waals surface area contributed by atoms with E-state index >= 15 is 0 Å². The van der Waals surface area contributed by atoms with Crippen LogP contribution in [0.4, 0.5) is 0 Å². The van der Waals surface area contributed by atoms with E-state index in [-0.39, 0.29) is 42.8 Å². The fourth-order valence-electron chi connectivity index (χ4n) is 2.07. The zero-order chi connectivity index (χ0) is 12.0. The quantitative estimate of drug-likeness (QED) is 0.828. The second-order valence-electron chi connectivity index (χ2n) is 4.77. The van der Waals surface area contributed by atoms with Crippen LogP contribution in [-0.4, -0.2) is 42.5 Å². The molecule has 2 atom stereocenters. The largest absolute Gasteiger partial charge is 0.351 e. The second-order valence-corrected chi connectivity index (χ2v) is 4.77. The highest BCUT2D eigenvalue weighted by Crippen LogP contribution is 2.12. The van der Waals surface area contributed by atoms with Gasteiger partial charge in [-0.05, 0) is 39.8 Å². The van der Waals surface area contributed by atoms with E-state index in [0.717, 1.165) is 13.1 Å². The van der Waals surface area contributed by atoms with Crippen molar-refractivity contribution in [2.75, 3.05) is 19.6 Å². The van der Waals surface area contributed by atoms with Crippen LogP contribution in [0, 0.1) is 0 Å². The van der Waals surface area contributed by atoms with Gasteiger partial charge in [-0.15, -0.1) is 24.8 Å². The summed E-state index contributed by atoms with van der Waals surface area (Å²) in [6.45, 7) is 6.52. The lowest BCUT2D eigenvalue weighted by atomic mass is 10.2. The monoisotopic (exact) mass is 299 g/mol. The van der Waals surface area contributed by atoms with Gasteiger partial charge in [0.2, 0.25) is 5.91 Å². The maximum Gasteiger partial charge on any atom is 0.237 e. The van der Waals surface area contributed by atoms with E-state index in [1.54, 1.807) is 0 Å². The lowest BCUT2D eigenvalue weighted by Gasteiger charge is -2.27. The second kappa shape index (κ2) is 10.9. The van der Waals surface area contributed by atoms with Crippen molar-refractivity contribution < 1.29 is 4.79 Å². The smallest absolute Gasteiger partial charge is 0.237 e. The van der Waals surface area contributed by atoms with E-state index in [4.69, 9.17) is 5.73 Å². The summed E-state index contributed by atoms with van der Waals surface area (Å²) in [5.41, 5.74) is 5.50. The summed E-state index contributed by atoms with van der Waals surface area (Å²) in [7, 11) is 0. The number of hydrogen-bond donors (Lipinski definition) is 2. The summed E-state index contributed by atoms with van der Waals surface area (Å²) < 4.78 is 0. The number of amides is 1. The molecule has 1 aliphatic heterocycles. The van der Waals surface area contributed by atoms with Gasteiger partial charge in [0.25, 0.3) is 0 Å². The summed E-state index contributed by atoms with van der Waals surface area (Å²) >= 11 is 0. The van der Waals surface area contributed by atoms with Crippen LogP contribution in [0.25, 0.3) is 0 Å². The Balaban J connectivity index is 0. The number of hydrogen-bond acceptors (Lipinski definition) is 3. The summed E-state index contributed by atoms with van der Waals surface area (Å²) in [4.78, 5) is 14.2. The van der Waals surface area contributed by atoms with Gasteiger partial charge in [-0.3, -0.25) is 9.69 Å². The first-order chi connectivity index (χ1) is 7.65. The first kappa shape index (κ1) is 20.3. The maximum atomic E-state index is 11.9. The first-order valence-corrected chi connectivity index (χ1v) is 6.39. The van der Waals surface area contributed by atoms with Gasteiger partial charge >= 0.3 is 0 Å². The molecule has 1 rings (SSSR count). The molecule has 0 aromatic heterocycles. The molecular weight excluding hydrogens is 273 g/mol. The number of carbonyl (C=O) groups excluding carboxylic acids is 1. The number of halogens is 2. The van der Waals surface area contributed by atoms with Crippen molar-refractivity contribution in [3.63, 3.8) is 0 Å². The SMILES string of the molecule is CC(C(=O)N[C@@H](C)CN)N1CCCCCC1.Cl.Cl. The topological polar surface area (TPSA) is 58.4 Å². The van der Waals surface area contributed by atoms with Crippen LogP contribution in [0.15, 0.2) is 0 Å². The van der Waals surface area contributed by atoms with Gasteiger partial charge in [-0.2, -0.15) is 0 Å². The number of carbonyl (C=O) groups is 1. The molecule has 0 radical (unpaired) electrons. The minimum absolute atomic E-state index is 0. The molecule has 1 fully saturated rings. The zero-order valence-electron chi connectivity index (χ0n) is 11.4. The minimum Gasteiger partial charge on any atom is -0.351 e. The molecule has 1 heterocycles. The van der Waals surface area contributed by atoms with Crippen LogP contribution in [0.1, 0.15) is 39.5 Å². The Morgan fingerprint density at radius 1 is 1.17 bits per heavy atom. The lowest BCUT2D eigenvalue weighted by molar-refractivity contribution is -0.126. The van der Waals surface area contributed by atoms with Crippen LogP contribution < -0.4 is 11.1 Å². The van der Waals surface area contributed by atoms with Gasteiger partial charge in [0.05, 0.1) is 6.04 Å². The Kier molecular flexibility index (Phi) is 12.2. The molecular formula is C12H27Cl2N3O. The fraction of sp³-hybridized carbons (Fsp3) is 0.917. The van der Waals surface area contributed by atoms with Gasteiger partial charge in [0, 0.05) is 12.6 Å².